The summed E-state index contributed by atoms with van der Waals surface area (Å²) >= 11 is 7.13. The lowest BCUT2D eigenvalue weighted by Crippen LogP contribution is -2.35. The number of nitrogens with one attached hydrogen (secondary N) is 1. The summed E-state index contributed by atoms with van der Waals surface area (Å²) in [6, 6.07) is 6.94. The molecule has 1 amide bonds. The number of hydrogen-bond acceptors (Lipinski definition) is 6. The number of carbonyl (C=O) groups is 1. The van der Waals surface area contributed by atoms with Gasteiger partial charge in [-0.15, -0.1) is 10.2 Å². The van der Waals surface area contributed by atoms with Gasteiger partial charge in [-0.25, -0.2) is 0 Å². The molecule has 0 bridgehead atoms. The van der Waals surface area contributed by atoms with Gasteiger partial charge in [0.15, 0.2) is 0 Å². The SMILES string of the molecule is O=C(Nc1ccc(Cl)cc1)c1nnc(CN2CCOCC2)s1. The summed E-state index contributed by atoms with van der Waals surface area (Å²) in [6.45, 7) is 3.94. The summed E-state index contributed by atoms with van der Waals surface area (Å²) in [6.07, 6.45) is 0. The lowest BCUT2D eigenvalue weighted by Gasteiger charge is -2.25. The van der Waals surface area contributed by atoms with Crippen LogP contribution in [0.5, 0.6) is 0 Å². The molecular formula is C14H15ClN4O2S. The highest BCUT2D eigenvalue weighted by atomic mass is 35.5. The van der Waals surface area contributed by atoms with Gasteiger partial charge in [-0.05, 0) is 24.3 Å². The second-order valence-corrected chi connectivity index (χ2v) is 6.35. The number of morpholine rings is 1. The van der Waals surface area contributed by atoms with Crippen molar-refractivity contribution in [3.8, 4) is 0 Å². The summed E-state index contributed by atoms with van der Waals surface area (Å²) < 4.78 is 5.31. The van der Waals surface area contributed by atoms with Gasteiger partial charge < -0.3 is 10.1 Å². The number of nitrogens with zero attached hydrogens (tertiary/aromatic N) is 3. The lowest BCUT2D eigenvalue weighted by atomic mass is 10.3. The van der Waals surface area contributed by atoms with Gasteiger partial charge in [-0.1, -0.05) is 22.9 Å². The fourth-order valence-electron chi connectivity index (χ4n) is 2.08. The smallest absolute Gasteiger partial charge is 0.286 e. The summed E-state index contributed by atoms with van der Waals surface area (Å²) in [4.78, 5) is 14.4. The van der Waals surface area contributed by atoms with Crippen LogP contribution in [0.25, 0.3) is 0 Å². The molecule has 22 heavy (non-hydrogen) atoms. The minimum atomic E-state index is -0.256. The third-order valence-electron chi connectivity index (χ3n) is 3.23. The molecule has 116 valence electrons. The number of benzene rings is 1. The van der Waals surface area contributed by atoms with E-state index < -0.39 is 0 Å². The van der Waals surface area contributed by atoms with E-state index in [-0.39, 0.29) is 5.91 Å². The average molecular weight is 339 g/mol. The third kappa shape index (κ3) is 4.01. The van der Waals surface area contributed by atoms with Gasteiger partial charge in [0.05, 0.1) is 19.8 Å². The molecule has 3 rings (SSSR count). The zero-order chi connectivity index (χ0) is 15.4. The Hall–Kier alpha value is -1.54. The first-order chi connectivity index (χ1) is 10.7. The van der Waals surface area contributed by atoms with Crippen LogP contribution in [-0.4, -0.2) is 47.3 Å². The zero-order valence-corrected chi connectivity index (χ0v) is 13.4. The first-order valence-corrected chi connectivity index (χ1v) is 8.09. The first-order valence-electron chi connectivity index (χ1n) is 6.90. The maximum Gasteiger partial charge on any atom is 0.286 e. The van der Waals surface area contributed by atoms with E-state index in [9.17, 15) is 4.79 Å². The Bertz CT molecular complexity index is 641. The monoisotopic (exact) mass is 338 g/mol. The van der Waals surface area contributed by atoms with Crippen LogP contribution in [0.4, 0.5) is 5.69 Å². The van der Waals surface area contributed by atoms with Crippen molar-refractivity contribution in [3.63, 3.8) is 0 Å². The second-order valence-electron chi connectivity index (χ2n) is 4.85. The minimum absolute atomic E-state index is 0.256. The van der Waals surface area contributed by atoms with Crippen LogP contribution in [0.3, 0.4) is 0 Å². The van der Waals surface area contributed by atoms with Crippen LogP contribution in [0.1, 0.15) is 14.8 Å². The van der Waals surface area contributed by atoms with Crippen molar-refractivity contribution in [2.24, 2.45) is 0 Å². The normalized spacial score (nSPS) is 15.7. The molecule has 1 aromatic heterocycles. The van der Waals surface area contributed by atoms with E-state index in [0.29, 0.717) is 22.3 Å². The molecule has 6 nitrogen and oxygen atoms in total. The van der Waals surface area contributed by atoms with Gasteiger partial charge in [-0.3, -0.25) is 9.69 Å². The average Bonchev–Trinajstić information content (AvgIpc) is 2.99. The number of carbonyl (C=O) groups excluding carboxylic acids is 1. The van der Waals surface area contributed by atoms with Gasteiger partial charge >= 0.3 is 0 Å². The van der Waals surface area contributed by atoms with E-state index in [1.807, 2.05) is 0 Å². The molecule has 2 heterocycles. The number of aromatic nitrogens is 2. The molecule has 1 N–H and O–H groups in total. The molecular weight excluding hydrogens is 324 g/mol. The molecule has 1 aliphatic heterocycles. The Morgan fingerprint density at radius 3 is 2.73 bits per heavy atom. The minimum Gasteiger partial charge on any atom is -0.379 e. The van der Waals surface area contributed by atoms with Crippen molar-refractivity contribution in [1.29, 1.82) is 0 Å². The molecule has 0 radical (unpaired) electrons. The highest BCUT2D eigenvalue weighted by Crippen LogP contribution is 2.17. The van der Waals surface area contributed by atoms with Gasteiger partial charge in [-0.2, -0.15) is 0 Å². The van der Waals surface area contributed by atoms with Crippen LogP contribution in [-0.2, 0) is 11.3 Å². The largest absolute Gasteiger partial charge is 0.379 e. The van der Waals surface area contributed by atoms with Crippen molar-refractivity contribution in [2.75, 3.05) is 31.6 Å². The standard InChI is InChI=1S/C14H15ClN4O2S/c15-10-1-3-11(4-2-10)16-13(20)14-18-17-12(22-14)9-19-5-7-21-8-6-19/h1-4H,5-9H2,(H,16,20). The van der Waals surface area contributed by atoms with Crippen LogP contribution in [0.15, 0.2) is 24.3 Å². The quantitative estimate of drug-likeness (QED) is 0.926. The first kappa shape index (κ1) is 15.4. The van der Waals surface area contributed by atoms with E-state index in [4.69, 9.17) is 16.3 Å². The molecule has 0 aliphatic carbocycles. The maximum atomic E-state index is 12.1. The highest BCUT2D eigenvalue weighted by Gasteiger charge is 2.16. The topological polar surface area (TPSA) is 67.4 Å². The van der Waals surface area contributed by atoms with Crippen LogP contribution >= 0.6 is 22.9 Å². The fourth-order valence-corrected chi connectivity index (χ4v) is 2.98. The van der Waals surface area contributed by atoms with Crippen LogP contribution in [0.2, 0.25) is 5.02 Å². The van der Waals surface area contributed by atoms with E-state index >= 15 is 0 Å². The number of ether oxygens (including phenoxy) is 1. The highest BCUT2D eigenvalue weighted by molar-refractivity contribution is 7.13. The molecule has 1 saturated heterocycles. The molecule has 1 aliphatic rings. The van der Waals surface area contributed by atoms with Crippen LogP contribution in [0, 0.1) is 0 Å². The fraction of sp³-hybridized carbons (Fsp3) is 0.357. The number of halogens is 1. The molecule has 8 heteroatoms. The Labute approximate surface area is 137 Å². The van der Waals surface area contributed by atoms with Crippen molar-refractivity contribution >= 4 is 34.5 Å². The molecule has 1 aromatic carbocycles. The zero-order valence-electron chi connectivity index (χ0n) is 11.8. The molecule has 2 aromatic rings. The lowest BCUT2D eigenvalue weighted by molar-refractivity contribution is 0.0341. The van der Waals surface area contributed by atoms with Crippen molar-refractivity contribution in [2.45, 2.75) is 6.54 Å². The number of rotatable bonds is 4. The van der Waals surface area contributed by atoms with Gasteiger partial charge in [0.1, 0.15) is 5.01 Å². The van der Waals surface area contributed by atoms with E-state index in [1.54, 1.807) is 24.3 Å². The van der Waals surface area contributed by atoms with Crippen molar-refractivity contribution < 1.29 is 9.53 Å². The summed E-state index contributed by atoms with van der Waals surface area (Å²) in [7, 11) is 0. The van der Waals surface area contributed by atoms with Crippen LogP contribution < -0.4 is 5.32 Å². The summed E-state index contributed by atoms with van der Waals surface area (Å²) in [5, 5.41) is 12.7. The van der Waals surface area contributed by atoms with Gasteiger partial charge in [0.25, 0.3) is 5.91 Å². The number of anilines is 1. The molecule has 0 unspecified atom stereocenters. The molecule has 0 saturated carbocycles. The number of hydrogen-bond donors (Lipinski definition) is 1. The summed E-state index contributed by atoms with van der Waals surface area (Å²) in [5.41, 5.74) is 0.680. The Kier molecular flexibility index (Phi) is 4.99. The molecule has 1 fully saturated rings. The maximum absolute atomic E-state index is 12.1. The predicted octanol–water partition coefficient (Wildman–Crippen LogP) is 2.28. The van der Waals surface area contributed by atoms with E-state index in [1.165, 1.54) is 11.3 Å². The Morgan fingerprint density at radius 1 is 1.27 bits per heavy atom. The van der Waals surface area contributed by atoms with Gasteiger partial charge in [0.2, 0.25) is 5.01 Å². The van der Waals surface area contributed by atoms with Crippen molar-refractivity contribution in [1.82, 2.24) is 15.1 Å². The third-order valence-corrected chi connectivity index (χ3v) is 4.38. The second kappa shape index (κ2) is 7.15. The van der Waals surface area contributed by atoms with Crippen molar-refractivity contribution in [3.05, 3.63) is 39.3 Å². The summed E-state index contributed by atoms with van der Waals surface area (Å²) in [5.74, 6) is -0.256. The number of amides is 1. The van der Waals surface area contributed by atoms with E-state index in [0.717, 1.165) is 31.3 Å². The van der Waals surface area contributed by atoms with E-state index in [2.05, 4.69) is 20.4 Å². The van der Waals surface area contributed by atoms with Gasteiger partial charge in [0, 0.05) is 23.8 Å². The molecule has 0 spiro atoms. The Balaban J connectivity index is 1.60. The molecule has 0 atom stereocenters. The Morgan fingerprint density at radius 2 is 2.00 bits per heavy atom. The predicted molar refractivity (Wildman–Crippen MR) is 85.4 cm³/mol.